The number of hydrogen-bond acceptors (Lipinski definition) is 4. The van der Waals surface area contributed by atoms with Crippen LogP contribution in [0.25, 0.3) is 11.0 Å². The first-order valence-electron chi connectivity index (χ1n) is 8.55. The third kappa shape index (κ3) is 3.24. The van der Waals surface area contributed by atoms with Gasteiger partial charge in [0.25, 0.3) is 5.91 Å². The second-order valence-electron chi connectivity index (χ2n) is 6.62. The highest BCUT2D eigenvalue weighted by atomic mass is 32.2. The number of carbonyl (C=O) groups is 1. The normalized spacial score (nSPS) is 18.8. The fourth-order valence-electron chi connectivity index (χ4n) is 3.47. The Labute approximate surface area is 152 Å². The maximum Gasteiger partial charge on any atom is 0.258 e. The van der Waals surface area contributed by atoms with Crippen molar-refractivity contribution in [2.75, 3.05) is 11.5 Å². The Kier molecular flexibility index (Phi) is 4.28. The summed E-state index contributed by atoms with van der Waals surface area (Å²) in [6, 6.07) is 16.7. The first-order chi connectivity index (χ1) is 12.5. The van der Waals surface area contributed by atoms with E-state index in [-0.39, 0.29) is 23.5 Å². The molecule has 0 saturated carbocycles. The molecule has 6 heteroatoms. The summed E-state index contributed by atoms with van der Waals surface area (Å²) in [4.78, 5) is 15.0. The highest BCUT2D eigenvalue weighted by Crippen LogP contribution is 2.26. The van der Waals surface area contributed by atoms with Crippen LogP contribution in [-0.4, -0.2) is 36.8 Å². The van der Waals surface area contributed by atoms with Gasteiger partial charge in [0.15, 0.2) is 9.84 Å². The summed E-state index contributed by atoms with van der Waals surface area (Å²) in [6.45, 7) is 0.374. The second-order valence-corrected chi connectivity index (χ2v) is 8.85. The van der Waals surface area contributed by atoms with E-state index in [1.165, 1.54) is 6.26 Å². The fourth-order valence-corrected chi connectivity index (χ4v) is 5.20. The molecule has 1 saturated heterocycles. The van der Waals surface area contributed by atoms with E-state index >= 15 is 0 Å². The Bertz CT molecular complexity index is 1040. The van der Waals surface area contributed by atoms with E-state index in [1.54, 1.807) is 4.90 Å². The molecular formula is C20H19NO4S. The van der Waals surface area contributed by atoms with Crippen molar-refractivity contribution in [3.8, 4) is 0 Å². The first-order valence-corrected chi connectivity index (χ1v) is 10.4. The molecule has 0 bridgehead atoms. The lowest BCUT2D eigenvalue weighted by molar-refractivity contribution is 0.0682. The third-order valence-electron chi connectivity index (χ3n) is 4.82. The van der Waals surface area contributed by atoms with Crippen LogP contribution in [0.2, 0.25) is 0 Å². The number of fused-ring (bicyclic) bond motifs is 1. The summed E-state index contributed by atoms with van der Waals surface area (Å²) in [6.07, 6.45) is 1.94. The predicted octanol–water partition coefficient (Wildman–Crippen LogP) is 3.26. The van der Waals surface area contributed by atoms with Crippen LogP contribution in [-0.2, 0) is 16.4 Å². The van der Waals surface area contributed by atoms with E-state index in [4.69, 9.17) is 4.42 Å². The van der Waals surface area contributed by atoms with E-state index in [0.717, 1.165) is 10.9 Å². The largest absolute Gasteiger partial charge is 0.463 e. The number of sulfone groups is 1. The number of furan rings is 1. The average Bonchev–Trinajstić information content (AvgIpc) is 3.23. The minimum absolute atomic E-state index is 0.0152. The van der Waals surface area contributed by atoms with Gasteiger partial charge in [0.05, 0.1) is 17.1 Å². The molecule has 134 valence electrons. The number of carbonyl (C=O) groups excluding carboxylic acids is 1. The maximum absolute atomic E-state index is 13.3. The van der Waals surface area contributed by atoms with Crippen molar-refractivity contribution >= 4 is 26.7 Å². The number of rotatable bonds is 4. The molecule has 0 radical (unpaired) electrons. The van der Waals surface area contributed by atoms with Gasteiger partial charge in [-0.25, -0.2) is 8.42 Å². The van der Waals surface area contributed by atoms with Crippen molar-refractivity contribution in [2.24, 2.45) is 0 Å². The molecule has 0 N–H and O–H groups in total. The first kappa shape index (κ1) is 16.8. The van der Waals surface area contributed by atoms with Gasteiger partial charge < -0.3 is 9.32 Å². The molecule has 3 aromatic rings. The molecule has 0 unspecified atom stereocenters. The molecule has 2 aromatic carbocycles. The number of nitrogens with zero attached hydrogens (tertiary/aromatic N) is 1. The van der Waals surface area contributed by atoms with Gasteiger partial charge in [-0.15, -0.1) is 0 Å². The van der Waals surface area contributed by atoms with Crippen molar-refractivity contribution in [2.45, 2.75) is 19.0 Å². The lowest BCUT2D eigenvalue weighted by atomic mass is 10.1. The van der Waals surface area contributed by atoms with Crippen LogP contribution >= 0.6 is 0 Å². The molecule has 26 heavy (non-hydrogen) atoms. The molecule has 1 aliphatic rings. The monoisotopic (exact) mass is 369 g/mol. The zero-order valence-corrected chi connectivity index (χ0v) is 15.0. The second kappa shape index (κ2) is 6.61. The standard InChI is InChI=1S/C20H19NO4S/c22-20(18-13-25-19-9-5-4-8-17(18)19)21(12-15-6-2-1-3-7-15)16-10-11-26(23,24)14-16/h1-9,13,16H,10-12,14H2/t16-/m0/s1. The summed E-state index contributed by atoms with van der Waals surface area (Å²) in [5, 5.41) is 0.747. The smallest absolute Gasteiger partial charge is 0.258 e. The van der Waals surface area contributed by atoms with E-state index in [0.29, 0.717) is 24.1 Å². The number of hydrogen-bond donors (Lipinski definition) is 0. The van der Waals surface area contributed by atoms with Gasteiger partial charge in [-0.05, 0) is 18.1 Å². The van der Waals surface area contributed by atoms with Gasteiger partial charge >= 0.3 is 0 Å². The predicted molar refractivity (Wildman–Crippen MR) is 99.6 cm³/mol. The van der Waals surface area contributed by atoms with Crippen LogP contribution in [0.1, 0.15) is 22.3 Å². The van der Waals surface area contributed by atoms with Crippen molar-refractivity contribution in [3.63, 3.8) is 0 Å². The van der Waals surface area contributed by atoms with Crippen LogP contribution in [0.5, 0.6) is 0 Å². The Hall–Kier alpha value is -2.60. The maximum atomic E-state index is 13.3. The zero-order valence-electron chi connectivity index (χ0n) is 14.2. The summed E-state index contributed by atoms with van der Waals surface area (Å²) < 4.78 is 29.4. The number of amides is 1. The molecule has 1 fully saturated rings. The molecule has 1 atom stereocenters. The van der Waals surface area contributed by atoms with Crippen LogP contribution in [0.4, 0.5) is 0 Å². The van der Waals surface area contributed by atoms with Crippen molar-refractivity contribution in [3.05, 3.63) is 72.0 Å². The van der Waals surface area contributed by atoms with Crippen molar-refractivity contribution in [1.29, 1.82) is 0 Å². The molecule has 1 amide bonds. The molecule has 4 rings (SSSR count). The molecular weight excluding hydrogens is 350 g/mol. The number of benzene rings is 2. The van der Waals surface area contributed by atoms with E-state index in [2.05, 4.69) is 0 Å². The van der Waals surface area contributed by atoms with Crippen molar-refractivity contribution in [1.82, 2.24) is 4.90 Å². The highest BCUT2D eigenvalue weighted by molar-refractivity contribution is 7.91. The zero-order chi connectivity index (χ0) is 18.1. The van der Waals surface area contributed by atoms with Crippen LogP contribution in [0.15, 0.2) is 65.3 Å². The van der Waals surface area contributed by atoms with Crippen molar-refractivity contribution < 1.29 is 17.6 Å². The van der Waals surface area contributed by atoms with E-state index in [9.17, 15) is 13.2 Å². The minimum Gasteiger partial charge on any atom is -0.463 e. The average molecular weight is 369 g/mol. The topological polar surface area (TPSA) is 67.6 Å². The number of para-hydroxylation sites is 1. The van der Waals surface area contributed by atoms with Gasteiger partial charge in [0, 0.05) is 18.0 Å². The van der Waals surface area contributed by atoms with Crippen LogP contribution in [0, 0.1) is 0 Å². The van der Waals surface area contributed by atoms with Gasteiger partial charge in [-0.2, -0.15) is 0 Å². The van der Waals surface area contributed by atoms with Gasteiger partial charge in [0.1, 0.15) is 11.8 Å². The van der Waals surface area contributed by atoms with E-state index < -0.39 is 9.84 Å². The Morgan fingerprint density at radius 3 is 2.54 bits per heavy atom. The SMILES string of the molecule is O=C(c1coc2ccccc12)N(Cc1ccccc1)[C@H]1CCS(=O)(=O)C1. The summed E-state index contributed by atoms with van der Waals surface area (Å²) in [5.41, 5.74) is 2.09. The van der Waals surface area contributed by atoms with Crippen LogP contribution < -0.4 is 0 Å². The molecule has 2 heterocycles. The molecule has 5 nitrogen and oxygen atoms in total. The molecule has 1 aliphatic heterocycles. The fraction of sp³-hybridized carbons (Fsp3) is 0.250. The Balaban J connectivity index is 1.71. The van der Waals surface area contributed by atoms with Gasteiger partial charge in [0.2, 0.25) is 0 Å². The molecule has 1 aromatic heterocycles. The summed E-state index contributed by atoms with van der Waals surface area (Å²) >= 11 is 0. The third-order valence-corrected chi connectivity index (χ3v) is 6.57. The lowest BCUT2D eigenvalue weighted by Crippen LogP contribution is -2.40. The molecule has 0 spiro atoms. The van der Waals surface area contributed by atoms with Crippen LogP contribution in [0.3, 0.4) is 0 Å². The van der Waals surface area contributed by atoms with Gasteiger partial charge in [-0.1, -0.05) is 48.5 Å². The van der Waals surface area contributed by atoms with Gasteiger partial charge in [-0.3, -0.25) is 4.79 Å². The Morgan fingerprint density at radius 2 is 1.81 bits per heavy atom. The minimum atomic E-state index is -3.09. The quantitative estimate of drug-likeness (QED) is 0.708. The van der Waals surface area contributed by atoms with E-state index in [1.807, 2.05) is 54.6 Å². The Morgan fingerprint density at radius 1 is 1.08 bits per heavy atom. The highest BCUT2D eigenvalue weighted by Gasteiger charge is 2.35. The molecule has 0 aliphatic carbocycles. The summed E-state index contributed by atoms with van der Waals surface area (Å²) in [5.74, 6) is -0.0510. The lowest BCUT2D eigenvalue weighted by Gasteiger charge is -2.28. The summed E-state index contributed by atoms with van der Waals surface area (Å²) in [7, 11) is -3.09.